The van der Waals surface area contributed by atoms with Crippen LogP contribution in [0.2, 0.25) is 0 Å². The molecule has 0 spiro atoms. The zero-order valence-corrected chi connectivity index (χ0v) is 10.5. The van der Waals surface area contributed by atoms with Crippen LogP contribution in [0, 0.1) is 0 Å². The SMILES string of the molecule is COc1ccc(-n2nnnc2C(C)N)c(OC)c1. The maximum Gasteiger partial charge on any atom is 0.173 e. The normalized spacial score (nSPS) is 12.2. The van der Waals surface area contributed by atoms with Crippen molar-refractivity contribution < 1.29 is 9.47 Å². The summed E-state index contributed by atoms with van der Waals surface area (Å²) in [5.41, 5.74) is 6.53. The summed E-state index contributed by atoms with van der Waals surface area (Å²) in [5.74, 6) is 1.88. The van der Waals surface area contributed by atoms with Crippen LogP contribution in [-0.4, -0.2) is 34.4 Å². The number of nitrogens with zero attached hydrogens (tertiary/aromatic N) is 4. The van der Waals surface area contributed by atoms with E-state index in [0.717, 1.165) is 5.69 Å². The van der Waals surface area contributed by atoms with Gasteiger partial charge in [0.15, 0.2) is 5.82 Å². The number of hydrogen-bond donors (Lipinski definition) is 1. The smallest absolute Gasteiger partial charge is 0.173 e. The minimum atomic E-state index is -0.271. The summed E-state index contributed by atoms with van der Waals surface area (Å²) >= 11 is 0. The van der Waals surface area contributed by atoms with Crippen molar-refractivity contribution in [3.8, 4) is 17.2 Å². The first kappa shape index (κ1) is 12.3. The second-order valence-corrected chi connectivity index (χ2v) is 3.78. The maximum absolute atomic E-state index is 5.82. The van der Waals surface area contributed by atoms with Gasteiger partial charge in [-0.3, -0.25) is 0 Å². The molecule has 0 bridgehead atoms. The Balaban J connectivity index is 2.53. The number of aromatic nitrogens is 4. The van der Waals surface area contributed by atoms with Gasteiger partial charge in [-0.25, -0.2) is 0 Å². The lowest BCUT2D eigenvalue weighted by atomic mass is 10.2. The molecule has 0 radical (unpaired) electrons. The number of benzene rings is 1. The zero-order valence-electron chi connectivity index (χ0n) is 10.5. The van der Waals surface area contributed by atoms with Crippen LogP contribution >= 0.6 is 0 Å². The van der Waals surface area contributed by atoms with Crippen molar-refractivity contribution in [3.05, 3.63) is 24.0 Å². The summed E-state index contributed by atoms with van der Waals surface area (Å²) in [5, 5.41) is 11.5. The second kappa shape index (κ2) is 5.01. The Morgan fingerprint density at radius 2 is 2.06 bits per heavy atom. The number of nitrogens with two attached hydrogens (primary N) is 1. The van der Waals surface area contributed by atoms with Gasteiger partial charge in [-0.2, -0.15) is 4.68 Å². The van der Waals surface area contributed by atoms with Crippen molar-refractivity contribution >= 4 is 0 Å². The molecule has 0 saturated carbocycles. The molecule has 1 heterocycles. The van der Waals surface area contributed by atoms with Gasteiger partial charge in [-0.1, -0.05) is 0 Å². The van der Waals surface area contributed by atoms with Gasteiger partial charge < -0.3 is 15.2 Å². The summed E-state index contributed by atoms with van der Waals surface area (Å²) in [7, 11) is 3.17. The molecule has 1 aromatic heterocycles. The fraction of sp³-hybridized carbons (Fsp3) is 0.364. The first-order valence-electron chi connectivity index (χ1n) is 5.43. The third kappa shape index (κ3) is 2.12. The molecule has 0 amide bonds. The first-order valence-corrected chi connectivity index (χ1v) is 5.43. The summed E-state index contributed by atoms with van der Waals surface area (Å²) in [4.78, 5) is 0. The van der Waals surface area contributed by atoms with Gasteiger partial charge >= 0.3 is 0 Å². The highest BCUT2D eigenvalue weighted by molar-refractivity contribution is 5.50. The van der Waals surface area contributed by atoms with Gasteiger partial charge in [0, 0.05) is 6.07 Å². The Hall–Kier alpha value is -2.15. The highest BCUT2D eigenvalue weighted by Crippen LogP contribution is 2.28. The van der Waals surface area contributed by atoms with Gasteiger partial charge in [0.05, 0.1) is 20.3 Å². The average molecular weight is 249 g/mol. The van der Waals surface area contributed by atoms with Gasteiger partial charge in [0.1, 0.15) is 17.2 Å². The van der Waals surface area contributed by atoms with Gasteiger partial charge in [-0.05, 0) is 29.5 Å². The van der Waals surface area contributed by atoms with Crippen LogP contribution in [0.25, 0.3) is 5.69 Å². The van der Waals surface area contributed by atoms with E-state index in [1.54, 1.807) is 25.0 Å². The fourth-order valence-electron chi connectivity index (χ4n) is 1.61. The van der Waals surface area contributed by atoms with Crippen LogP contribution in [-0.2, 0) is 0 Å². The molecule has 7 nitrogen and oxygen atoms in total. The standard InChI is InChI=1S/C11H15N5O2/c1-7(12)11-13-14-15-16(11)9-5-4-8(17-2)6-10(9)18-3/h4-7H,12H2,1-3H3. The number of methoxy groups -OCH3 is 2. The summed E-state index contributed by atoms with van der Waals surface area (Å²) in [6, 6.07) is 5.12. The molecular weight excluding hydrogens is 234 g/mol. The molecule has 96 valence electrons. The largest absolute Gasteiger partial charge is 0.497 e. The zero-order chi connectivity index (χ0) is 13.1. The van der Waals surface area contributed by atoms with Crippen molar-refractivity contribution in [2.45, 2.75) is 13.0 Å². The van der Waals surface area contributed by atoms with E-state index in [1.807, 2.05) is 19.1 Å². The Labute approximate surface area is 104 Å². The maximum atomic E-state index is 5.82. The second-order valence-electron chi connectivity index (χ2n) is 3.78. The minimum absolute atomic E-state index is 0.271. The Bertz CT molecular complexity index is 538. The molecular formula is C11H15N5O2. The molecule has 0 aliphatic rings. The molecule has 1 aromatic carbocycles. The van der Waals surface area contributed by atoms with Gasteiger partial charge in [-0.15, -0.1) is 5.10 Å². The van der Waals surface area contributed by atoms with Crippen LogP contribution in [0.5, 0.6) is 11.5 Å². The first-order chi connectivity index (χ1) is 8.67. The number of rotatable bonds is 4. The Morgan fingerprint density at radius 1 is 1.28 bits per heavy atom. The molecule has 1 unspecified atom stereocenters. The van der Waals surface area contributed by atoms with Gasteiger partial charge in [0.2, 0.25) is 0 Å². The lowest BCUT2D eigenvalue weighted by Gasteiger charge is -2.12. The molecule has 0 aliphatic heterocycles. The van der Waals surface area contributed by atoms with E-state index in [-0.39, 0.29) is 6.04 Å². The Kier molecular flexibility index (Phi) is 3.42. The number of ether oxygens (including phenoxy) is 2. The van der Waals surface area contributed by atoms with Crippen molar-refractivity contribution in [1.82, 2.24) is 20.2 Å². The molecule has 2 rings (SSSR count). The average Bonchev–Trinajstić information content (AvgIpc) is 2.87. The predicted octanol–water partition coefficient (Wildman–Crippen LogP) is 0.699. The molecule has 18 heavy (non-hydrogen) atoms. The van der Waals surface area contributed by atoms with E-state index in [0.29, 0.717) is 17.3 Å². The van der Waals surface area contributed by atoms with E-state index in [9.17, 15) is 0 Å². The van der Waals surface area contributed by atoms with Crippen molar-refractivity contribution in [2.75, 3.05) is 14.2 Å². The topological polar surface area (TPSA) is 88.1 Å². The summed E-state index contributed by atoms with van der Waals surface area (Å²) < 4.78 is 12.0. The van der Waals surface area contributed by atoms with E-state index < -0.39 is 0 Å². The highest BCUT2D eigenvalue weighted by Gasteiger charge is 2.16. The van der Waals surface area contributed by atoms with Crippen LogP contribution in [0.1, 0.15) is 18.8 Å². The van der Waals surface area contributed by atoms with Gasteiger partial charge in [0.25, 0.3) is 0 Å². The van der Waals surface area contributed by atoms with Crippen LogP contribution in [0.15, 0.2) is 18.2 Å². The lowest BCUT2D eigenvalue weighted by molar-refractivity contribution is 0.392. The molecule has 1 atom stereocenters. The fourth-order valence-corrected chi connectivity index (χ4v) is 1.61. The molecule has 2 aromatic rings. The molecule has 0 aliphatic carbocycles. The van der Waals surface area contributed by atoms with Crippen molar-refractivity contribution in [2.24, 2.45) is 5.73 Å². The molecule has 2 N–H and O–H groups in total. The number of tetrazole rings is 1. The summed E-state index contributed by atoms with van der Waals surface area (Å²) in [6.45, 7) is 1.82. The minimum Gasteiger partial charge on any atom is -0.497 e. The predicted molar refractivity (Wildman–Crippen MR) is 64.9 cm³/mol. The quantitative estimate of drug-likeness (QED) is 0.858. The van der Waals surface area contributed by atoms with E-state index >= 15 is 0 Å². The molecule has 0 fully saturated rings. The third-order valence-electron chi connectivity index (χ3n) is 2.52. The lowest BCUT2D eigenvalue weighted by Crippen LogP contribution is -2.14. The van der Waals surface area contributed by atoms with E-state index in [4.69, 9.17) is 15.2 Å². The van der Waals surface area contributed by atoms with Crippen LogP contribution < -0.4 is 15.2 Å². The molecule has 0 saturated heterocycles. The number of hydrogen-bond acceptors (Lipinski definition) is 6. The Morgan fingerprint density at radius 3 is 2.67 bits per heavy atom. The van der Waals surface area contributed by atoms with E-state index in [1.165, 1.54) is 0 Å². The van der Waals surface area contributed by atoms with Crippen molar-refractivity contribution in [3.63, 3.8) is 0 Å². The third-order valence-corrected chi connectivity index (χ3v) is 2.52. The van der Waals surface area contributed by atoms with Crippen molar-refractivity contribution in [1.29, 1.82) is 0 Å². The monoisotopic (exact) mass is 249 g/mol. The molecule has 7 heteroatoms. The summed E-state index contributed by atoms with van der Waals surface area (Å²) in [6.07, 6.45) is 0. The van der Waals surface area contributed by atoms with Crippen LogP contribution in [0.4, 0.5) is 0 Å². The highest BCUT2D eigenvalue weighted by atomic mass is 16.5. The van der Waals surface area contributed by atoms with Crippen LogP contribution in [0.3, 0.4) is 0 Å². The van der Waals surface area contributed by atoms with E-state index in [2.05, 4.69) is 15.5 Å².